The molecule has 4 rings (SSSR count). The highest BCUT2D eigenvalue weighted by atomic mass is 32.1. The molecule has 0 amide bonds. The van der Waals surface area contributed by atoms with Gasteiger partial charge >= 0.3 is 0 Å². The molecule has 3 heterocycles. The Morgan fingerprint density at radius 1 is 1.12 bits per heavy atom. The largest absolute Gasteiger partial charge is 0.379 e. The number of nitrogens with zero attached hydrogens (tertiary/aromatic N) is 4. The van der Waals surface area contributed by atoms with Gasteiger partial charge in [-0.25, -0.2) is 9.97 Å². The second kappa shape index (κ2) is 6.80. The fourth-order valence-corrected chi connectivity index (χ4v) is 3.72. The van der Waals surface area contributed by atoms with Gasteiger partial charge < -0.3 is 4.74 Å². The second-order valence-corrected chi connectivity index (χ2v) is 6.74. The smallest absolute Gasteiger partial charge is 0.271 e. The molecule has 7 heteroatoms. The van der Waals surface area contributed by atoms with Crippen LogP contribution < -0.4 is 5.56 Å². The van der Waals surface area contributed by atoms with Gasteiger partial charge in [-0.2, -0.15) is 0 Å². The third-order valence-corrected chi connectivity index (χ3v) is 5.22. The Morgan fingerprint density at radius 2 is 1.92 bits per heavy atom. The minimum Gasteiger partial charge on any atom is -0.379 e. The summed E-state index contributed by atoms with van der Waals surface area (Å²) in [5.41, 5.74) is 0.961. The van der Waals surface area contributed by atoms with Gasteiger partial charge in [-0.05, 0) is 11.5 Å². The Labute approximate surface area is 143 Å². The Bertz CT molecular complexity index is 884. The van der Waals surface area contributed by atoms with Crippen molar-refractivity contribution in [3.05, 3.63) is 46.9 Å². The molecule has 0 atom stereocenters. The first kappa shape index (κ1) is 15.4. The van der Waals surface area contributed by atoms with Crippen molar-refractivity contribution in [2.24, 2.45) is 0 Å². The van der Waals surface area contributed by atoms with Crippen LogP contribution in [0.15, 0.2) is 41.3 Å². The van der Waals surface area contributed by atoms with Crippen molar-refractivity contribution in [2.45, 2.75) is 6.54 Å². The van der Waals surface area contributed by atoms with E-state index in [1.54, 1.807) is 10.2 Å². The molecule has 0 N–H and O–H groups in total. The maximum atomic E-state index is 12.5. The molecular formula is C17H18N4O2S. The maximum Gasteiger partial charge on any atom is 0.271 e. The lowest BCUT2D eigenvalue weighted by atomic mass is 10.2. The van der Waals surface area contributed by atoms with Crippen LogP contribution in [0.25, 0.3) is 21.6 Å². The lowest BCUT2D eigenvalue weighted by Crippen LogP contribution is -2.38. The summed E-state index contributed by atoms with van der Waals surface area (Å²) in [6.45, 7) is 4.94. The maximum absolute atomic E-state index is 12.5. The summed E-state index contributed by atoms with van der Waals surface area (Å²) in [6.07, 6.45) is 1.65. The third-order valence-electron chi connectivity index (χ3n) is 4.16. The van der Waals surface area contributed by atoms with Gasteiger partial charge in [0.15, 0.2) is 5.82 Å². The van der Waals surface area contributed by atoms with E-state index >= 15 is 0 Å². The van der Waals surface area contributed by atoms with E-state index in [-0.39, 0.29) is 5.56 Å². The standard InChI is InChI=1S/C17H18N4O2S/c22-17-14-12-18-15(13-4-2-1-3-5-13)19-16(14)24-21(17)7-6-20-8-10-23-11-9-20/h1-5,12H,6-11H2. The zero-order valence-electron chi connectivity index (χ0n) is 13.2. The summed E-state index contributed by atoms with van der Waals surface area (Å²) in [6, 6.07) is 9.82. The zero-order chi connectivity index (χ0) is 16.4. The third kappa shape index (κ3) is 3.10. The topological polar surface area (TPSA) is 60.2 Å². The number of benzene rings is 1. The lowest BCUT2D eigenvalue weighted by Gasteiger charge is -2.26. The Kier molecular flexibility index (Phi) is 4.38. The van der Waals surface area contributed by atoms with E-state index in [0.29, 0.717) is 17.8 Å². The molecule has 24 heavy (non-hydrogen) atoms. The number of ether oxygens (including phenoxy) is 1. The summed E-state index contributed by atoms with van der Waals surface area (Å²) >= 11 is 1.42. The number of rotatable bonds is 4. The molecule has 1 saturated heterocycles. The fourth-order valence-electron chi connectivity index (χ4n) is 2.79. The van der Waals surface area contributed by atoms with Crippen LogP contribution in [0.4, 0.5) is 0 Å². The highest BCUT2D eigenvalue weighted by Gasteiger charge is 2.14. The quantitative estimate of drug-likeness (QED) is 0.724. The van der Waals surface area contributed by atoms with Crippen molar-refractivity contribution in [2.75, 3.05) is 32.8 Å². The number of aromatic nitrogens is 3. The molecular weight excluding hydrogens is 324 g/mol. The normalized spacial score (nSPS) is 15.8. The second-order valence-electron chi connectivity index (χ2n) is 5.73. The predicted octanol–water partition coefficient (Wildman–Crippen LogP) is 1.85. The molecule has 3 aromatic rings. The molecule has 2 aromatic heterocycles. The van der Waals surface area contributed by atoms with Crippen LogP contribution in [0, 0.1) is 0 Å². The van der Waals surface area contributed by atoms with Gasteiger partial charge in [0.2, 0.25) is 0 Å². The molecule has 0 unspecified atom stereocenters. The minimum atomic E-state index is 0.00266. The van der Waals surface area contributed by atoms with Crippen molar-refractivity contribution in [3.63, 3.8) is 0 Å². The zero-order valence-corrected chi connectivity index (χ0v) is 14.0. The van der Waals surface area contributed by atoms with Crippen LogP contribution in [-0.2, 0) is 11.3 Å². The van der Waals surface area contributed by atoms with Gasteiger partial charge in [0.1, 0.15) is 4.83 Å². The molecule has 1 fully saturated rings. The molecule has 6 nitrogen and oxygen atoms in total. The van der Waals surface area contributed by atoms with Gasteiger partial charge in [-0.1, -0.05) is 30.3 Å². The first-order valence-electron chi connectivity index (χ1n) is 8.04. The first-order chi connectivity index (χ1) is 11.8. The van der Waals surface area contributed by atoms with Crippen molar-refractivity contribution >= 4 is 21.7 Å². The molecule has 1 aliphatic heterocycles. The van der Waals surface area contributed by atoms with Gasteiger partial charge in [-0.3, -0.25) is 13.7 Å². The van der Waals surface area contributed by atoms with E-state index in [1.807, 2.05) is 30.3 Å². The summed E-state index contributed by atoms with van der Waals surface area (Å²) in [4.78, 5) is 24.5. The molecule has 1 aliphatic rings. The molecule has 0 aliphatic carbocycles. The molecule has 124 valence electrons. The van der Waals surface area contributed by atoms with E-state index in [1.165, 1.54) is 11.5 Å². The van der Waals surface area contributed by atoms with Crippen molar-refractivity contribution in [1.82, 2.24) is 18.8 Å². The molecule has 1 aromatic carbocycles. The Morgan fingerprint density at radius 3 is 2.71 bits per heavy atom. The molecule has 0 bridgehead atoms. The van der Waals surface area contributed by atoms with Crippen LogP contribution >= 0.6 is 11.5 Å². The highest BCUT2D eigenvalue weighted by molar-refractivity contribution is 7.13. The van der Waals surface area contributed by atoms with Gasteiger partial charge in [0, 0.05) is 37.9 Å². The summed E-state index contributed by atoms with van der Waals surface area (Å²) < 4.78 is 7.13. The van der Waals surface area contributed by atoms with Crippen LogP contribution in [-0.4, -0.2) is 51.7 Å². The van der Waals surface area contributed by atoms with Crippen LogP contribution in [0.5, 0.6) is 0 Å². The van der Waals surface area contributed by atoms with Crippen LogP contribution in [0.3, 0.4) is 0 Å². The van der Waals surface area contributed by atoms with Gasteiger partial charge in [-0.15, -0.1) is 0 Å². The van der Waals surface area contributed by atoms with E-state index in [0.717, 1.165) is 43.2 Å². The predicted molar refractivity (Wildman–Crippen MR) is 94.4 cm³/mol. The van der Waals surface area contributed by atoms with E-state index in [9.17, 15) is 4.79 Å². The van der Waals surface area contributed by atoms with E-state index in [4.69, 9.17) is 4.74 Å². The monoisotopic (exact) mass is 342 g/mol. The van der Waals surface area contributed by atoms with Gasteiger partial charge in [0.25, 0.3) is 5.56 Å². The fraction of sp³-hybridized carbons (Fsp3) is 0.353. The lowest BCUT2D eigenvalue weighted by molar-refractivity contribution is 0.0366. The summed E-state index contributed by atoms with van der Waals surface area (Å²) in [5, 5.41) is 0.599. The molecule has 0 spiro atoms. The molecule has 0 radical (unpaired) electrons. The number of hydrogen-bond donors (Lipinski definition) is 0. The average molecular weight is 342 g/mol. The molecule has 0 saturated carbocycles. The number of fused-ring (bicyclic) bond motifs is 1. The Hall–Kier alpha value is -2.09. The highest BCUT2D eigenvalue weighted by Crippen LogP contribution is 2.19. The van der Waals surface area contributed by atoms with Crippen molar-refractivity contribution in [1.29, 1.82) is 0 Å². The summed E-state index contributed by atoms with van der Waals surface area (Å²) in [5.74, 6) is 0.657. The van der Waals surface area contributed by atoms with Gasteiger partial charge in [0.05, 0.1) is 18.6 Å². The van der Waals surface area contributed by atoms with Crippen molar-refractivity contribution in [3.8, 4) is 11.4 Å². The van der Waals surface area contributed by atoms with E-state index in [2.05, 4.69) is 14.9 Å². The number of morpholine rings is 1. The average Bonchev–Trinajstić information content (AvgIpc) is 2.97. The van der Waals surface area contributed by atoms with Crippen molar-refractivity contribution < 1.29 is 4.74 Å². The van der Waals surface area contributed by atoms with Crippen LogP contribution in [0.2, 0.25) is 0 Å². The Balaban J connectivity index is 1.58. The minimum absolute atomic E-state index is 0.00266. The van der Waals surface area contributed by atoms with E-state index < -0.39 is 0 Å². The summed E-state index contributed by atoms with van der Waals surface area (Å²) in [7, 11) is 0. The van der Waals surface area contributed by atoms with Crippen LogP contribution in [0.1, 0.15) is 0 Å². The number of hydrogen-bond acceptors (Lipinski definition) is 6. The SMILES string of the molecule is O=c1c2cnc(-c3ccccc3)nc2sn1CCN1CCOCC1. The first-order valence-corrected chi connectivity index (χ1v) is 8.81.